The second-order valence-electron chi connectivity index (χ2n) is 4.21. The molecule has 0 saturated heterocycles. The quantitative estimate of drug-likeness (QED) is 0.717. The van der Waals surface area contributed by atoms with Crippen LogP contribution in [0.15, 0.2) is 24.3 Å². The number of rotatable bonds is 9. The van der Waals surface area contributed by atoms with Crippen molar-refractivity contribution >= 4 is 23.6 Å². The van der Waals surface area contributed by atoms with E-state index in [4.69, 9.17) is 14.6 Å². The van der Waals surface area contributed by atoms with Gasteiger partial charge in [-0.2, -0.15) is 11.8 Å². The summed E-state index contributed by atoms with van der Waals surface area (Å²) in [5, 5.41) is 11.5. The van der Waals surface area contributed by atoms with Crippen molar-refractivity contribution in [2.24, 2.45) is 0 Å². The number of carbonyl (C=O) groups is 2. The van der Waals surface area contributed by atoms with Gasteiger partial charge in [-0.05, 0) is 30.6 Å². The van der Waals surface area contributed by atoms with Crippen molar-refractivity contribution in [3.05, 3.63) is 24.3 Å². The highest BCUT2D eigenvalue weighted by atomic mass is 32.2. The van der Waals surface area contributed by atoms with Gasteiger partial charge >= 0.3 is 5.97 Å². The third kappa shape index (κ3) is 6.40. The van der Waals surface area contributed by atoms with E-state index in [0.717, 1.165) is 0 Å². The highest BCUT2D eigenvalue weighted by Crippen LogP contribution is 2.18. The number of carboxylic acids is 1. The van der Waals surface area contributed by atoms with Crippen LogP contribution in [0, 0.1) is 0 Å². The summed E-state index contributed by atoms with van der Waals surface area (Å²) in [5.41, 5.74) is 0. The number of benzene rings is 1. The Hall–Kier alpha value is -1.89. The summed E-state index contributed by atoms with van der Waals surface area (Å²) >= 11 is 1.53. The van der Waals surface area contributed by atoms with Crippen LogP contribution in [0.3, 0.4) is 0 Å². The lowest BCUT2D eigenvalue weighted by molar-refractivity contribution is -0.142. The second-order valence-corrected chi connectivity index (χ2v) is 5.19. The standard InChI is InChI=1S/C14H19NO5S/c1-19-10-4-3-5-11(8-10)20-9-13(16)15-12(14(17)18)6-7-21-2/h3-5,8,12H,6-7,9H2,1-2H3,(H,15,16)(H,17,18)/t12-/m1/s1. The summed E-state index contributed by atoms with van der Waals surface area (Å²) in [6.07, 6.45) is 2.26. The molecule has 21 heavy (non-hydrogen) atoms. The molecule has 1 atom stereocenters. The Kier molecular flexibility index (Phi) is 7.45. The van der Waals surface area contributed by atoms with Crippen molar-refractivity contribution in [2.45, 2.75) is 12.5 Å². The lowest BCUT2D eigenvalue weighted by Gasteiger charge is -2.14. The van der Waals surface area contributed by atoms with Crippen LogP contribution in [0.1, 0.15) is 6.42 Å². The largest absolute Gasteiger partial charge is 0.497 e. The van der Waals surface area contributed by atoms with Crippen molar-refractivity contribution in [1.82, 2.24) is 5.32 Å². The van der Waals surface area contributed by atoms with Crippen molar-refractivity contribution < 1.29 is 24.2 Å². The molecule has 0 fully saturated rings. The van der Waals surface area contributed by atoms with E-state index < -0.39 is 17.9 Å². The Morgan fingerprint density at radius 2 is 2.10 bits per heavy atom. The molecule has 1 aromatic carbocycles. The van der Waals surface area contributed by atoms with E-state index in [2.05, 4.69) is 5.32 Å². The first-order valence-electron chi connectivity index (χ1n) is 6.34. The monoisotopic (exact) mass is 313 g/mol. The number of carbonyl (C=O) groups excluding carboxylic acids is 1. The first-order chi connectivity index (χ1) is 10.1. The van der Waals surface area contributed by atoms with Gasteiger partial charge < -0.3 is 19.9 Å². The van der Waals surface area contributed by atoms with E-state index in [0.29, 0.717) is 23.7 Å². The number of nitrogens with one attached hydrogen (secondary N) is 1. The zero-order chi connectivity index (χ0) is 15.7. The Morgan fingerprint density at radius 3 is 2.71 bits per heavy atom. The highest BCUT2D eigenvalue weighted by Gasteiger charge is 2.19. The summed E-state index contributed by atoms with van der Waals surface area (Å²) in [6.45, 7) is -0.240. The average molecular weight is 313 g/mol. The van der Waals surface area contributed by atoms with E-state index in [-0.39, 0.29) is 6.61 Å². The molecule has 6 nitrogen and oxygen atoms in total. The Bertz CT molecular complexity index is 480. The fourth-order valence-electron chi connectivity index (χ4n) is 1.57. The Balaban J connectivity index is 2.46. The van der Waals surface area contributed by atoms with Crippen LogP contribution in [-0.2, 0) is 9.59 Å². The summed E-state index contributed by atoms with van der Waals surface area (Å²) in [5.74, 6) is 0.260. The Labute approximate surface area is 127 Å². The van der Waals surface area contributed by atoms with E-state index in [1.165, 1.54) is 18.9 Å². The SMILES string of the molecule is COc1cccc(OCC(=O)N[C@H](CCSC)C(=O)O)c1. The minimum absolute atomic E-state index is 0.240. The zero-order valence-electron chi connectivity index (χ0n) is 12.0. The molecule has 0 heterocycles. The number of hydrogen-bond donors (Lipinski definition) is 2. The van der Waals surface area contributed by atoms with Gasteiger partial charge in [-0.3, -0.25) is 4.79 Å². The van der Waals surface area contributed by atoms with E-state index in [9.17, 15) is 9.59 Å². The van der Waals surface area contributed by atoms with Crippen LogP contribution in [0.25, 0.3) is 0 Å². The van der Waals surface area contributed by atoms with Crippen molar-refractivity contribution in [1.29, 1.82) is 0 Å². The molecule has 0 aliphatic heterocycles. The van der Waals surface area contributed by atoms with Crippen LogP contribution in [-0.4, -0.2) is 48.8 Å². The summed E-state index contributed by atoms with van der Waals surface area (Å²) < 4.78 is 10.3. The maximum absolute atomic E-state index is 11.7. The van der Waals surface area contributed by atoms with Gasteiger partial charge in [0.1, 0.15) is 17.5 Å². The fourth-order valence-corrected chi connectivity index (χ4v) is 2.04. The van der Waals surface area contributed by atoms with Crippen LogP contribution in [0.4, 0.5) is 0 Å². The molecule has 0 aliphatic rings. The number of methoxy groups -OCH3 is 1. The van der Waals surface area contributed by atoms with Gasteiger partial charge in [0, 0.05) is 6.07 Å². The molecule has 7 heteroatoms. The summed E-state index contributed by atoms with van der Waals surface area (Å²) in [6, 6.07) is 5.95. The molecule has 1 rings (SSSR count). The van der Waals surface area contributed by atoms with Crippen molar-refractivity contribution in [3.63, 3.8) is 0 Å². The normalized spacial score (nSPS) is 11.5. The molecule has 1 aromatic rings. The van der Waals surface area contributed by atoms with Crippen molar-refractivity contribution in [2.75, 3.05) is 25.7 Å². The number of aliphatic carboxylic acids is 1. The molecule has 1 amide bonds. The fraction of sp³-hybridized carbons (Fsp3) is 0.429. The smallest absolute Gasteiger partial charge is 0.326 e. The first-order valence-corrected chi connectivity index (χ1v) is 7.74. The molecule has 0 saturated carbocycles. The topological polar surface area (TPSA) is 84.9 Å². The molecular formula is C14H19NO5S. The van der Waals surface area contributed by atoms with Crippen LogP contribution < -0.4 is 14.8 Å². The van der Waals surface area contributed by atoms with Crippen LogP contribution >= 0.6 is 11.8 Å². The number of thioether (sulfide) groups is 1. The molecule has 0 spiro atoms. The third-order valence-corrected chi connectivity index (χ3v) is 3.30. The van der Waals surface area contributed by atoms with Crippen LogP contribution in [0.2, 0.25) is 0 Å². The van der Waals surface area contributed by atoms with Crippen molar-refractivity contribution in [3.8, 4) is 11.5 Å². The average Bonchev–Trinajstić information content (AvgIpc) is 2.49. The Morgan fingerprint density at radius 1 is 1.38 bits per heavy atom. The maximum atomic E-state index is 11.7. The lowest BCUT2D eigenvalue weighted by Crippen LogP contribution is -2.43. The van der Waals surface area contributed by atoms with Gasteiger partial charge in [0.15, 0.2) is 6.61 Å². The van der Waals surface area contributed by atoms with E-state index in [1.54, 1.807) is 24.3 Å². The van der Waals surface area contributed by atoms with Gasteiger partial charge in [-0.15, -0.1) is 0 Å². The number of hydrogen-bond acceptors (Lipinski definition) is 5. The highest BCUT2D eigenvalue weighted by molar-refractivity contribution is 7.98. The van der Waals surface area contributed by atoms with Gasteiger partial charge in [-0.25, -0.2) is 4.79 Å². The lowest BCUT2D eigenvalue weighted by atomic mass is 10.2. The molecule has 0 aromatic heterocycles. The molecule has 0 bridgehead atoms. The number of ether oxygens (including phenoxy) is 2. The van der Waals surface area contributed by atoms with Gasteiger partial charge in [0.25, 0.3) is 5.91 Å². The third-order valence-electron chi connectivity index (χ3n) is 2.66. The minimum Gasteiger partial charge on any atom is -0.497 e. The molecule has 116 valence electrons. The molecule has 0 radical (unpaired) electrons. The maximum Gasteiger partial charge on any atom is 0.326 e. The van der Waals surface area contributed by atoms with E-state index in [1.807, 2.05) is 6.26 Å². The molecule has 0 aliphatic carbocycles. The van der Waals surface area contributed by atoms with E-state index >= 15 is 0 Å². The van der Waals surface area contributed by atoms with Gasteiger partial charge in [0.2, 0.25) is 0 Å². The van der Waals surface area contributed by atoms with Crippen LogP contribution in [0.5, 0.6) is 11.5 Å². The second kappa shape index (κ2) is 9.12. The molecule has 2 N–H and O–H groups in total. The predicted octanol–water partition coefficient (Wildman–Crippen LogP) is 1.40. The molecular weight excluding hydrogens is 294 g/mol. The number of carboxylic acid groups (broad SMARTS) is 1. The predicted molar refractivity (Wildman–Crippen MR) is 81.1 cm³/mol. The summed E-state index contributed by atoms with van der Waals surface area (Å²) in [7, 11) is 1.54. The minimum atomic E-state index is -1.04. The summed E-state index contributed by atoms with van der Waals surface area (Å²) in [4.78, 5) is 22.7. The molecule has 0 unspecified atom stereocenters. The van der Waals surface area contributed by atoms with Gasteiger partial charge in [-0.1, -0.05) is 6.07 Å². The number of amides is 1. The van der Waals surface area contributed by atoms with Gasteiger partial charge in [0.05, 0.1) is 7.11 Å². The first kappa shape index (κ1) is 17.2. The zero-order valence-corrected chi connectivity index (χ0v) is 12.8.